The molecule has 0 radical (unpaired) electrons. The summed E-state index contributed by atoms with van der Waals surface area (Å²) in [6, 6.07) is 11.9. The van der Waals surface area contributed by atoms with E-state index in [4.69, 9.17) is 4.74 Å². The van der Waals surface area contributed by atoms with Crippen LogP contribution in [0.25, 0.3) is 0 Å². The second-order valence-corrected chi connectivity index (χ2v) is 5.83. The molecule has 2 aromatic rings. The summed E-state index contributed by atoms with van der Waals surface area (Å²) in [5.74, 6) is -0.400. The Morgan fingerprint density at radius 3 is 2.17 bits per heavy atom. The molecule has 2 amide bonds. The van der Waals surface area contributed by atoms with Crippen molar-refractivity contribution >= 4 is 23.5 Å². The van der Waals surface area contributed by atoms with Gasteiger partial charge in [-0.15, -0.1) is 0 Å². The maximum atomic E-state index is 12.2. The van der Waals surface area contributed by atoms with E-state index in [0.29, 0.717) is 17.0 Å². The molecule has 0 aliphatic carbocycles. The number of hydrogen-bond donors (Lipinski definition) is 0. The molecule has 1 saturated heterocycles. The smallest absolute Gasteiger partial charge is 0.343 e. The van der Waals surface area contributed by atoms with Crippen LogP contribution in [0.3, 0.4) is 0 Å². The van der Waals surface area contributed by atoms with Gasteiger partial charge in [-0.25, -0.2) is 4.79 Å². The Bertz CT molecular complexity index is 808. The fraction of sp³-hybridized carbons (Fsp3) is 0.211. The second-order valence-electron chi connectivity index (χ2n) is 5.83. The molecule has 1 aliphatic rings. The van der Waals surface area contributed by atoms with Crippen LogP contribution in [0.2, 0.25) is 0 Å². The monoisotopic (exact) mass is 323 g/mol. The van der Waals surface area contributed by atoms with Crippen LogP contribution in [0.5, 0.6) is 5.75 Å². The first-order chi connectivity index (χ1) is 11.5. The summed E-state index contributed by atoms with van der Waals surface area (Å²) >= 11 is 0. The zero-order chi connectivity index (χ0) is 17.3. The van der Waals surface area contributed by atoms with Crippen LogP contribution in [-0.4, -0.2) is 17.8 Å². The minimum Gasteiger partial charge on any atom is -0.423 e. The van der Waals surface area contributed by atoms with Crippen molar-refractivity contribution in [3.8, 4) is 5.75 Å². The van der Waals surface area contributed by atoms with Crippen molar-refractivity contribution in [2.75, 3.05) is 4.90 Å². The van der Waals surface area contributed by atoms with Crippen molar-refractivity contribution in [1.82, 2.24) is 0 Å². The Balaban J connectivity index is 1.76. The summed E-state index contributed by atoms with van der Waals surface area (Å²) in [6.45, 7) is 3.85. The van der Waals surface area contributed by atoms with Gasteiger partial charge in [-0.2, -0.15) is 0 Å². The Hall–Kier alpha value is -2.95. The van der Waals surface area contributed by atoms with Gasteiger partial charge in [0.2, 0.25) is 11.8 Å². The van der Waals surface area contributed by atoms with E-state index in [2.05, 4.69) is 0 Å². The molecule has 1 fully saturated rings. The second kappa shape index (κ2) is 6.28. The molecule has 0 bridgehead atoms. The van der Waals surface area contributed by atoms with Crippen LogP contribution in [-0.2, 0) is 9.59 Å². The Morgan fingerprint density at radius 1 is 0.958 bits per heavy atom. The van der Waals surface area contributed by atoms with Crippen LogP contribution in [0.1, 0.15) is 34.3 Å². The van der Waals surface area contributed by atoms with Gasteiger partial charge >= 0.3 is 5.97 Å². The quantitative estimate of drug-likeness (QED) is 0.494. The summed E-state index contributed by atoms with van der Waals surface area (Å²) in [7, 11) is 0. The standard InChI is InChI=1S/C19H17NO4/c1-12-3-8-16(13(2)11-12)24-19(23)14-4-6-15(7-5-14)20-17(21)9-10-18(20)22/h3-8,11H,9-10H2,1-2H3. The fourth-order valence-corrected chi connectivity index (χ4v) is 2.68. The molecule has 0 spiro atoms. The van der Waals surface area contributed by atoms with Crippen molar-refractivity contribution in [2.24, 2.45) is 0 Å². The van der Waals surface area contributed by atoms with Crippen LogP contribution in [0.4, 0.5) is 5.69 Å². The molecule has 1 aliphatic heterocycles. The van der Waals surface area contributed by atoms with Gasteiger partial charge in [0.15, 0.2) is 0 Å². The molecule has 3 rings (SSSR count). The van der Waals surface area contributed by atoms with Gasteiger partial charge < -0.3 is 4.74 Å². The molecule has 5 nitrogen and oxygen atoms in total. The fourth-order valence-electron chi connectivity index (χ4n) is 2.68. The van der Waals surface area contributed by atoms with Crippen molar-refractivity contribution in [1.29, 1.82) is 0 Å². The minimum absolute atomic E-state index is 0.217. The van der Waals surface area contributed by atoms with E-state index in [1.807, 2.05) is 26.0 Å². The van der Waals surface area contributed by atoms with Crippen LogP contribution in [0.15, 0.2) is 42.5 Å². The average Bonchev–Trinajstić information content (AvgIpc) is 2.89. The van der Waals surface area contributed by atoms with E-state index < -0.39 is 5.97 Å². The number of anilines is 1. The van der Waals surface area contributed by atoms with E-state index in [0.717, 1.165) is 16.0 Å². The summed E-state index contributed by atoms with van der Waals surface area (Å²) in [5.41, 5.74) is 2.81. The van der Waals surface area contributed by atoms with Gasteiger partial charge in [-0.3, -0.25) is 14.5 Å². The number of benzene rings is 2. The third-order valence-corrected chi connectivity index (χ3v) is 3.95. The highest BCUT2D eigenvalue weighted by Gasteiger charge is 2.30. The predicted molar refractivity (Wildman–Crippen MR) is 89.0 cm³/mol. The largest absolute Gasteiger partial charge is 0.423 e. The normalized spacial score (nSPS) is 14.2. The number of imide groups is 1. The summed E-state index contributed by atoms with van der Waals surface area (Å²) in [5, 5.41) is 0. The van der Waals surface area contributed by atoms with E-state index in [-0.39, 0.29) is 24.7 Å². The molecule has 0 unspecified atom stereocenters. The number of carbonyl (C=O) groups excluding carboxylic acids is 3. The summed E-state index contributed by atoms with van der Waals surface area (Å²) in [4.78, 5) is 36.8. The first kappa shape index (κ1) is 15.9. The Kier molecular flexibility index (Phi) is 4.16. The molecule has 1 heterocycles. The zero-order valence-electron chi connectivity index (χ0n) is 13.5. The van der Waals surface area contributed by atoms with E-state index >= 15 is 0 Å². The molecule has 0 aromatic heterocycles. The zero-order valence-corrected chi connectivity index (χ0v) is 13.5. The number of hydrogen-bond acceptors (Lipinski definition) is 4. The number of carbonyl (C=O) groups is 3. The van der Waals surface area contributed by atoms with Gasteiger partial charge in [-0.05, 0) is 49.7 Å². The van der Waals surface area contributed by atoms with Gasteiger partial charge in [-0.1, -0.05) is 17.7 Å². The first-order valence-corrected chi connectivity index (χ1v) is 7.71. The van der Waals surface area contributed by atoms with E-state index in [1.54, 1.807) is 30.3 Å². The lowest BCUT2D eigenvalue weighted by atomic mass is 10.1. The highest BCUT2D eigenvalue weighted by Crippen LogP contribution is 2.24. The molecule has 0 saturated carbocycles. The molecule has 0 N–H and O–H groups in total. The van der Waals surface area contributed by atoms with Gasteiger partial charge in [0.1, 0.15) is 5.75 Å². The van der Waals surface area contributed by atoms with Crippen molar-refractivity contribution < 1.29 is 19.1 Å². The van der Waals surface area contributed by atoms with Gasteiger partial charge in [0.05, 0.1) is 11.3 Å². The van der Waals surface area contributed by atoms with Crippen molar-refractivity contribution in [2.45, 2.75) is 26.7 Å². The number of aryl methyl sites for hydroxylation is 2. The third kappa shape index (κ3) is 3.06. The molecular weight excluding hydrogens is 306 g/mol. The lowest BCUT2D eigenvalue weighted by Gasteiger charge is -2.14. The number of amides is 2. The van der Waals surface area contributed by atoms with E-state index in [9.17, 15) is 14.4 Å². The first-order valence-electron chi connectivity index (χ1n) is 7.71. The maximum Gasteiger partial charge on any atom is 0.343 e. The topological polar surface area (TPSA) is 63.7 Å². The molecule has 2 aromatic carbocycles. The lowest BCUT2D eigenvalue weighted by Crippen LogP contribution is -2.28. The predicted octanol–water partition coefficient (Wildman–Crippen LogP) is 3.18. The van der Waals surface area contributed by atoms with Crippen LogP contribution in [0, 0.1) is 13.8 Å². The van der Waals surface area contributed by atoms with Crippen molar-refractivity contribution in [3.05, 3.63) is 59.2 Å². The highest BCUT2D eigenvalue weighted by atomic mass is 16.5. The number of nitrogens with zero attached hydrogens (tertiary/aromatic N) is 1. The van der Waals surface area contributed by atoms with Crippen LogP contribution >= 0.6 is 0 Å². The SMILES string of the molecule is Cc1ccc(OC(=O)c2ccc(N3C(=O)CCC3=O)cc2)c(C)c1. The van der Waals surface area contributed by atoms with E-state index in [1.165, 1.54) is 0 Å². The molecule has 0 atom stereocenters. The minimum atomic E-state index is -0.479. The van der Waals surface area contributed by atoms with Gasteiger partial charge in [0, 0.05) is 12.8 Å². The molecular formula is C19H17NO4. The molecule has 24 heavy (non-hydrogen) atoms. The summed E-state index contributed by atoms with van der Waals surface area (Å²) in [6.07, 6.45) is 0.463. The molecule has 5 heteroatoms. The molecule has 122 valence electrons. The van der Waals surface area contributed by atoms with Crippen LogP contribution < -0.4 is 9.64 Å². The van der Waals surface area contributed by atoms with Gasteiger partial charge in [0.25, 0.3) is 0 Å². The number of rotatable bonds is 3. The third-order valence-electron chi connectivity index (χ3n) is 3.95. The number of esters is 1. The average molecular weight is 323 g/mol. The Labute approximate surface area is 139 Å². The highest BCUT2D eigenvalue weighted by molar-refractivity contribution is 6.19. The summed E-state index contributed by atoms with van der Waals surface area (Å²) < 4.78 is 5.41. The lowest BCUT2D eigenvalue weighted by molar-refractivity contribution is -0.121. The van der Waals surface area contributed by atoms with Crippen molar-refractivity contribution in [3.63, 3.8) is 0 Å². The maximum absolute atomic E-state index is 12.2. The Morgan fingerprint density at radius 2 is 1.58 bits per heavy atom. The number of ether oxygens (including phenoxy) is 1.